The quantitative estimate of drug-likeness (QED) is 0.789. The van der Waals surface area contributed by atoms with Crippen LogP contribution in [-0.4, -0.2) is 16.0 Å². The highest BCUT2D eigenvalue weighted by molar-refractivity contribution is 5.98. The second kappa shape index (κ2) is 5.21. The van der Waals surface area contributed by atoms with Crippen LogP contribution in [0.25, 0.3) is 0 Å². The largest absolute Gasteiger partial charge is 0.508 e. The highest BCUT2D eigenvalue weighted by Crippen LogP contribution is 2.30. The average Bonchev–Trinajstić information content (AvgIpc) is 2.30. The first-order chi connectivity index (χ1) is 8.16. The summed E-state index contributed by atoms with van der Waals surface area (Å²) in [5, 5.41) is 18.8. The topological polar surface area (TPSA) is 57.5 Å². The summed E-state index contributed by atoms with van der Waals surface area (Å²) in [6, 6.07) is 4.15. The van der Waals surface area contributed by atoms with Crippen LogP contribution < -0.4 is 0 Å². The van der Waals surface area contributed by atoms with Gasteiger partial charge in [0, 0.05) is 12.5 Å². The zero-order valence-corrected chi connectivity index (χ0v) is 9.85. The Balaban J connectivity index is 2.03. The first-order valence-corrected chi connectivity index (χ1v) is 6.22. The van der Waals surface area contributed by atoms with Gasteiger partial charge in [-0.3, -0.25) is 4.79 Å². The predicted octanol–water partition coefficient (Wildman–Crippen LogP) is 3.25. The molecule has 0 radical (unpaired) electrons. The van der Waals surface area contributed by atoms with Gasteiger partial charge in [0.2, 0.25) is 0 Å². The number of carbonyl (C=O) groups is 1. The average molecular weight is 234 g/mol. The van der Waals surface area contributed by atoms with Crippen molar-refractivity contribution in [2.75, 3.05) is 0 Å². The van der Waals surface area contributed by atoms with Gasteiger partial charge in [-0.15, -0.1) is 0 Å². The van der Waals surface area contributed by atoms with Gasteiger partial charge in [0.15, 0.2) is 5.78 Å². The van der Waals surface area contributed by atoms with Gasteiger partial charge in [-0.25, -0.2) is 0 Å². The van der Waals surface area contributed by atoms with Crippen LogP contribution in [0.4, 0.5) is 0 Å². The van der Waals surface area contributed by atoms with E-state index in [0.717, 1.165) is 12.8 Å². The van der Waals surface area contributed by atoms with Gasteiger partial charge >= 0.3 is 0 Å². The molecule has 0 atom stereocenters. The van der Waals surface area contributed by atoms with Gasteiger partial charge in [-0.1, -0.05) is 32.1 Å². The first kappa shape index (κ1) is 12.0. The van der Waals surface area contributed by atoms with Crippen molar-refractivity contribution >= 4 is 5.78 Å². The molecule has 0 spiro atoms. The van der Waals surface area contributed by atoms with Crippen molar-refractivity contribution in [2.45, 2.75) is 38.5 Å². The summed E-state index contributed by atoms with van der Waals surface area (Å²) in [5.74, 6) is 0.307. The molecule has 1 fully saturated rings. The van der Waals surface area contributed by atoms with Crippen molar-refractivity contribution in [2.24, 2.45) is 5.92 Å². The highest BCUT2D eigenvalue weighted by Gasteiger charge is 2.19. The minimum Gasteiger partial charge on any atom is -0.508 e. The smallest absolute Gasteiger partial charge is 0.166 e. The van der Waals surface area contributed by atoms with Crippen LogP contribution in [0, 0.1) is 5.92 Å². The Morgan fingerprint density at radius 2 is 1.88 bits per heavy atom. The van der Waals surface area contributed by atoms with Crippen molar-refractivity contribution in [3.05, 3.63) is 23.8 Å². The molecule has 1 aliphatic carbocycles. The van der Waals surface area contributed by atoms with Gasteiger partial charge < -0.3 is 10.2 Å². The number of aromatic hydroxyl groups is 2. The molecule has 0 amide bonds. The van der Waals surface area contributed by atoms with E-state index in [-0.39, 0.29) is 17.3 Å². The Morgan fingerprint density at radius 3 is 2.53 bits per heavy atom. The second-order valence-corrected chi connectivity index (χ2v) is 4.83. The molecule has 3 heteroatoms. The fourth-order valence-electron chi connectivity index (χ4n) is 2.52. The van der Waals surface area contributed by atoms with Crippen molar-refractivity contribution in [3.8, 4) is 11.5 Å². The molecule has 17 heavy (non-hydrogen) atoms. The van der Waals surface area contributed by atoms with Crippen LogP contribution in [0.5, 0.6) is 11.5 Å². The maximum atomic E-state index is 12.0. The summed E-state index contributed by atoms with van der Waals surface area (Å²) in [6.07, 6.45) is 6.43. The third-order valence-electron chi connectivity index (χ3n) is 3.48. The number of benzene rings is 1. The monoisotopic (exact) mass is 234 g/mol. The lowest BCUT2D eigenvalue weighted by molar-refractivity contribution is 0.0947. The minimum absolute atomic E-state index is 0.0169. The predicted molar refractivity (Wildman–Crippen MR) is 65.3 cm³/mol. The van der Waals surface area contributed by atoms with E-state index in [1.807, 2.05) is 0 Å². The molecule has 0 aliphatic heterocycles. The van der Waals surface area contributed by atoms with Crippen molar-refractivity contribution in [3.63, 3.8) is 0 Å². The normalized spacial score (nSPS) is 16.9. The van der Waals surface area contributed by atoms with Gasteiger partial charge in [0.25, 0.3) is 0 Å². The number of ketones is 1. The summed E-state index contributed by atoms with van der Waals surface area (Å²) < 4.78 is 0. The SMILES string of the molecule is O=C(CC1CCCCC1)c1ccc(O)cc1O. The van der Waals surface area contributed by atoms with Crippen LogP contribution in [0.3, 0.4) is 0 Å². The molecule has 0 unspecified atom stereocenters. The summed E-state index contributed by atoms with van der Waals surface area (Å²) in [5.41, 5.74) is 0.327. The van der Waals surface area contributed by atoms with Crippen LogP contribution in [-0.2, 0) is 0 Å². The molecular weight excluding hydrogens is 216 g/mol. The minimum atomic E-state index is -0.120. The third-order valence-corrected chi connectivity index (χ3v) is 3.48. The number of hydrogen-bond acceptors (Lipinski definition) is 3. The Kier molecular flexibility index (Phi) is 3.67. The molecule has 0 aromatic heterocycles. The van der Waals surface area contributed by atoms with Crippen LogP contribution in [0.1, 0.15) is 48.9 Å². The molecule has 1 aliphatic rings. The van der Waals surface area contributed by atoms with Gasteiger partial charge in [-0.05, 0) is 18.1 Å². The number of phenols is 2. The summed E-state index contributed by atoms with van der Waals surface area (Å²) in [7, 11) is 0. The summed E-state index contributed by atoms with van der Waals surface area (Å²) in [6.45, 7) is 0. The third kappa shape index (κ3) is 2.99. The molecule has 3 nitrogen and oxygen atoms in total. The Hall–Kier alpha value is -1.51. The number of Topliss-reactive ketones (excluding diaryl/α,β-unsaturated/α-hetero) is 1. The van der Waals surface area contributed by atoms with Crippen LogP contribution in [0.2, 0.25) is 0 Å². The molecule has 0 saturated heterocycles. The number of phenolic OH excluding ortho intramolecular Hbond substituents is 2. The molecule has 92 valence electrons. The molecule has 0 bridgehead atoms. The van der Waals surface area contributed by atoms with Crippen molar-refractivity contribution < 1.29 is 15.0 Å². The lowest BCUT2D eigenvalue weighted by Gasteiger charge is -2.20. The van der Waals surface area contributed by atoms with Gasteiger partial charge in [0.05, 0.1) is 5.56 Å². The Bertz CT molecular complexity index is 406. The van der Waals surface area contributed by atoms with E-state index in [0.29, 0.717) is 17.9 Å². The second-order valence-electron chi connectivity index (χ2n) is 4.83. The fourth-order valence-corrected chi connectivity index (χ4v) is 2.52. The van der Waals surface area contributed by atoms with E-state index >= 15 is 0 Å². The zero-order valence-electron chi connectivity index (χ0n) is 9.85. The van der Waals surface area contributed by atoms with E-state index < -0.39 is 0 Å². The Labute approximate surface area is 101 Å². The standard InChI is InChI=1S/C14H18O3/c15-11-6-7-12(14(17)9-11)13(16)8-10-4-2-1-3-5-10/h6-7,9-10,15,17H,1-5,8H2. The highest BCUT2D eigenvalue weighted by atomic mass is 16.3. The molecule has 0 heterocycles. The molecule has 2 rings (SSSR count). The zero-order chi connectivity index (χ0) is 12.3. The Morgan fingerprint density at radius 1 is 1.18 bits per heavy atom. The number of hydrogen-bond donors (Lipinski definition) is 2. The van der Waals surface area contributed by atoms with E-state index in [2.05, 4.69) is 0 Å². The van der Waals surface area contributed by atoms with Crippen LogP contribution in [0.15, 0.2) is 18.2 Å². The van der Waals surface area contributed by atoms with Crippen molar-refractivity contribution in [1.29, 1.82) is 0 Å². The van der Waals surface area contributed by atoms with E-state index in [9.17, 15) is 9.90 Å². The molecule has 1 saturated carbocycles. The lowest BCUT2D eigenvalue weighted by Crippen LogP contribution is -2.12. The summed E-state index contributed by atoms with van der Waals surface area (Å²) >= 11 is 0. The maximum absolute atomic E-state index is 12.0. The lowest BCUT2D eigenvalue weighted by atomic mass is 9.84. The van der Waals surface area contributed by atoms with Gasteiger partial charge in [0.1, 0.15) is 11.5 Å². The van der Waals surface area contributed by atoms with Crippen LogP contribution >= 0.6 is 0 Å². The molecule has 1 aromatic rings. The molecule has 1 aromatic carbocycles. The number of rotatable bonds is 3. The van der Waals surface area contributed by atoms with E-state index in [1.54, 1.807) is 0 Å². The molecule has 2 N–H and O–H groups in total. The van der Waals surface area contributed by atoms with E-state index in [1.165, 1.54) is 37.5 Å². The van der Waals surface area contributed by atoms with Gasteiger partial charge in [-0.2, -0.15) is 0 Å². The maximum Gasteiger partial charge on any atom is 0.166 e. The first-order valence-electron chi connectivity index (χ1n) is 6.22. The van der Waals surface area contributed by atoms with E-state index in [4.69, 9.17) is 5.11 Å². The van der Waals surface area contributed by atoms with Crippen molar-refractivity contribution in [1.82, 2.24) is 0 Å². The molecular formula is C14H18O3. The number of carbonyl (C=O) groups excluding carboxylic acids is 1. The summed E-state index contributed by atoms with van der Waals surface area (Å²) in [4.78, 5) is 12.0. The fraction of sp³-hybridized carbons (Fsp3) is 0.500.